The maximum absolute atomic E-state index is 11.9. The summed E-state index contributed by atoms with van der Waals surface area (Å²) in [7, 11) is 3.17. The van der Waals surface area contributed by atoms with E-state index < -0.39 is 0 Å². The van der Waals surface area contributed by atoms with Crippen LogP contribution in [0.25, 0.3) is 0 Å². The normalized spacial score (nSPS) is 12.6. The number of aryl methyl sites for hydroxylation is 1. The molecule has 108 valence electrons. The van der Waals surface area contributed by atoms with Crippen LogP contribution in [0.5, 0.6) is 0 Å². The summed E-state index contributed by atoms with van der Waals surface area (Å²) in [6.45, 7) is 4.76. The molecule has 0 amide bonds. The average Bonchev–Trinajstić information content (AvgIpc) is 2.39. The van der Waals surface area contributed by atoms with Gasteiger partial charge in [0, 0.05) is 38.4 Å². The fourth-order valence-corrected chi connectivity index (χ4v) is 2.60. The van der Waals surface area contributed by atoms with Gasteiger partial charge in [0.1, 0.15) is 0 Å². The maximum Gasteiger partial charge on any atom is 0.330 e. The lowest BCUT2D eigenvalue weighted by atomic mass is 10.2. The van der Waals surface area contributed by atoms with E-state index in [4.69, 9.17) is 0 Å². The smallest absolute Gasteiger partial charge is 0.310 e. The van der Waals surface area contributed by atoms with Gasteiger partial charge >= 0.3 is 5.69 Å². The first kappa shape index (κ1) is 16.0. The molecule has 1 atom stereocenters. The first-order valence-electron chi connectivity index (χ1n) is 6.54. The molecular formula is C13H23N3O2S. The molecule has 0 saturated carbocycles. The van der Waals surface area contributed by atoms with Crippen molar-refractivity contribution in [3.63, 3.8) is 0 Å². The summed E-state index contributed by atoms with van der Waals surface area (Å²) in [4.78, 5) is 23.5. The lowest BCUT2D eigenvalue weighted by Gasteiger charge is -2.14. The summed E-state index contributed by atoms with van der Waals surface area (Å²) in [5.74, 6) is 2.25. The Balaban J connectivity index is 2.64. The molecule has 0 aliphatic carbocycles. The van der Waals surface area contributed by atoms with E-state index in [0.29, 0.717) is 18.2 Å². The summed E-state index contributed by atoms with van der Waals surface area (Å²) in [6, 6.07) is 0.362. The van der Waals surface area contributed by atoms with Gasteiger partial charge in [-0.2, -0.15) is 11.8 Å². The highest BCUT2D eigenvalue weighted by Gasteiger charge is 2.08. The molecule has 0 spiro atoms. The van der Waals surface area contributed by atoms with Crippen LogP contribution in [0.15, 0.2) is 15.8 Å². The Morgan fingerprint density at radius 2 is 2.05 bits per heavy atom. The maximum atomic E-state index is 11.9. The summed E-state index contributed by atoms with van der Waals surface area (Å²) in [5, 5.41) is 3.33. The second kappa shape index (κ2) is 7.55. The molecule has 0 aliphatic heterocycles. The zero-order valence-corrected chi connectivity index (χ0v) is 12.9. The number of thioether (sulfide) groups is 1. The van der Waals surface area contributed by atoms with Crippen LogP contribution in [0.1, 0.15) is 25.8 Å². The van der Waals surface area contributed by atoms with Crippen molar-refractivity contribution in [1.29, 1.82) is 0 Å². The lowest BCUT2D eigenvalue weighted by molar-refractivity contribution is 0.527. The van der Waals surface area contributed by atoms with Crippen molar-refractivity contribution in [2.24, 2.45) is 14.1 Å². The largest absolute Gasteiger partial charge is 0.330 e. The van der Waals surface area contributed by atoms with Crippen LogP contribution in [0, 0.1) is 0 Å². The Labute approximate surface area is 118 Å². The van der Waals surface area contributed by atoms with E-state index >= 15 is 0 Å². The predicted octanol–water partition coefficient (Wildman–Crippen LogP) is 0.705. The monoisotopic (exact) mass is 285 g/mol. The lowest BCUT2D eigenvalue weighted by Crippen LogP contribution is -2.40. The Hall–Kier alpha value is -1.01. The van der Waals surface area contributed by atoms with Crippen molar-refractivity contribution in [2.45, 2.75) is 32.9 Å². The molecule has 1 aromatic heterocycles. The quantitative estimate of drug-likeness (QED) is 0.750. The van der Waals surface area contributed by atoms with Crippen LogP contribution in [0.2, 0.25) is 0 Å². The number of nitrogens with zero attached hydrogens (tertiary/aromatic N) is 2. The average molecular weight is 285 g/mol. The van der Waals surface area contributed by atoms with Crippen molar-refractivity contribution in [3.05, 3.63) is 32.6 Å². The molecule has 0 bridgehead atoms. The summed E-state index contributed by atoms with van der Waals surface area (Å²) < 4.78 is 2.59. The number of aromatic nitrogens is 2. The third kappa shape index (κ3) is 4.54. The minimum Gasteiger partial charge on any atom is -0.310 e. The van der Waals surface area contributed by atoms with E-state index in [1.54, 1.807) is 13.2 Å². The standard InChI is InChI=1S/C13H23N3O2S/c1-5-19-7-6-10(2)14-8-11-9-15(3)13(18)16(4)12(11)17/h9-10,14H,5-8H2,1-4H3. The van der Waals surface area contributed by atoms with Crippen LogP contribution in [-0.4, -0.2) is 26.7 Å². The van der Waals surface area contributed by atoms with Crippen molar-refractivity contribution in [1.82, 2.24) is 14.5 Å². The molecule has 6 heteroatoms. The van der Waals surface area contributed by atoms with Gasteiger partial charge in [-0.15, -0.1) is 0 Å². The first-order chi connectivity index (χ1) is 8.97. The van der Waals surface area contributed by atoms with Crippen LogP contribution < -0.4 is 16.6 Å². The van der Waals surface area contributed by atoms with Crippen LogP contribution in [-0.2, 0) is 20.6 Å². The fourth-order valence-electron chi connectivity index (χ4n) is 1.80. The number of hydrogen-bond acceptors (Lipinski definition) is 4. The minimum absolute atomic E-state index is 0.217. The number of nitrogens with one attached hydrogen (secondary N) is 1. The Morgan fingerprint density at radius 1 is 1.37 bits per heavy atom. The van der Waals surface area contributed by atoms with E-state index in [1.807, 2.05) is 11.8 Å². The third-order valence-corrected chi connectivity index (χ3v) is 3.99. The van der Waals surface area contributed by atoms with Crippen molar-refractivity contribution >= 4 is 11.8 Å². The summed E-state index contributed by atoms with van der Waals surface area (Å²) in [6.07, 6.45) is 2.69. The van der Waals surface area contributed by atoms with Gasteiger partial charge in [-0.1, -0.05) is 6.92 Å². The molecule has 0 aromatic carbocycles. The van der Waals surface area contributed by atoms with Crippen molar-refractivity contribution < 1.29 is 0 Å². The molecule has 0 radical (unpaired) electrons. The van der Waals surface area contributed by atoms with Crippen LogP contribution >= 0.6 is 11.8 Å². The van der Waals surface area contributed by atoms with Crippen LogP contribution in [0.4, 0.5) is 0 Å². The second-order valence-corrected chi connectivity index (χ2v) is 6.07. The van der Waals surface area contributed by atoms with Crippen molar-refractivity contribution in [3.8, 4) is 0 Å². The van der Waals surface area contributed by atoms with E-state index in [0.717, 1.165) is 22.5 Å². The zero-order valence-electron chi connectivity index (χ0n) is 12.1. The SMILES string of the molecule is CCSCCC(C)NCc1cn(C)c(=O)n(C)c1=O. The van der Waals surface area contributed by atoms with E-state index in [2.05, 4.69) is 19.2 Å². The van der Waals surface area contributed by atoms with Gasteiger partial charge in [-0.05, 0) is 24.9 Å². The fraction of sp³-hybridized carbons (Fsp3) is 0.692. The molecule has 19 heavy (non-hydrogen) atoms. The summed E-state index contributed by atoms with van der Waals surface area (Å²) >= 11 is 1.92. The zero-order chi connectivity index (χ0) is 14.4. The van der Waals surface area contributed by atoms with Gasteiger partial charge in [0.15, 0.2) is 0 Å². The first-order valence-corrected chi connectivity index (χ1v) is 7.69. The van der Waals surface area contributed by atoms with Gasteiger partial charge in [0.25, 0.3) is 5.56 Å². The molecule has 5 nitrogen and oxygen atoms in total. The van der Waals surface area contributed by atoms with Gasteiger partial charge in [-0.3, -0.25) is 9.36 Å². The molecule has 1 rings (SSSR count). The van der Waals surface area contributed by atoms with Crippen LogP contribution in [0.3, 0.4) is 0 Å². The third-order valence-electron chi connectivity index (χ3n) is 3.06. The Morgan fingerprint density at radius 3 is 2.68 bits per heavy atom. The summed E-state index contributed by atoms with van der Waals surface area (Å²) in [5.41, 5.74) is 0.117. The minimum atomic E-state index is -0.291. The topological polar surface area (TPSA) is 56.0 Å². The molecule has 0 fully saturated rings. The van der Waals surface area contributed by atoms with E-state index in [9.17, 15) is 9.59 Å². The van der Waals surface area contributed by atoms with Gasteiger partial charge in [0.05, 0.1) is 0 Å². The van der Waals surface area contributed by atoms with Crippen molar-refractivity contribution in [2.75, 3.05) is 11.5 Å². The molecule has 0 saturated heterocycles. The molecule has 1 unspecified atom stereocenters. The molecular weight excluding hydrogens is 262 g/mol. The molecule has 1 aromatic rings. The highest BCUT2D eigenvalue weighted by Crippen LogP contribution is 2.04. The predicted molar refractivity (Wildman–Crippen MR) is 80.8 cm³/mol. The second-order valence-electron chi connectivity index (χ2n) is 4.68. The molecule has 1 heterocycles. The Bertz CT molecular complexity index is 522. The van der Waals surface area contributed by atoms with E-state index in [-0.39, 0.29) is 11.2 Å². The van der Waals surface area contributed by atoms with Gasteiger partial charge < -0.3 is 9.88 Å². The molecule has 1 N–H and O–H groups in total. The molecule has 0 aliphatic rings. The Kier molecular flexibility index (Phi) is 6.37. The van der Waals surface area contributed by atoms with Gasteiger partial charge in [-0.25, -0.2) is 4.79 Å². The number of rotatable bonds is 7. The highest BCUT2D eigenvalue weighted by molar-refractivity contribution is 7.99. The highest BCUT2D eigenvalue weighted by atomic mass is 32.2. The van der Waals surface area contributed by atoms with Gasteiger partial charge in [0.2, 0.25) is 0 Å². The number of hydrogen-bond donors (Lipinski definition) is 1. The van der Waals surface area contributed by atoms with E-state index in [1.165, 1.54) is 11.6 Å².